The normalized spacial score (nSPS) is 19.7. The van der Waals surface area contributed by atoms with Gasteiger partial charge in [0.1, 0.15) is 16.5 Å². The van der Waals surface area contributed by atoms with Gasteiger partial charge in [0.05, 0.1) is 19.3 Å². The van der Waals surface area contributed by atoms with Crippen LogP contribution in [0, 0.1) is 0 Å². The molecule has 0 aliphatic carbocycles. The van der Waals surface area contributed by atoms with Crippen LogP contribution in [0.15, 0.2) is 29.6 Å². The van der Waals surface area contributed by atoms with Gasteiger partial charge in [-0.2, -0.15) is 0 Å². The van der Waals surface area contributed by atoms with Gasteiger partial charge in [-0.1, -0.05) is 6.92 Å². The zero-order chi connectivity index (χ0) is 19.4. The van der Waals surface area contributed by atoms with E-state index in [1.165, 1.54) is 16.2 Å². The SMILES string of the molecule is CCCOc1ccc(-c2nc(C(=O)N3CC(C(=O)O)O[C@H](C)C3)cs2)cc1. The maximum absolute atomic E-state index is 12.7. The van der Waals surface area contributed by atoms with E-state index >= 15 is 0 Å². The van der Waals surface area contributed by atoms with Crippen LogP contribution < -0.4 is 4.74 Å². The van der Waals surface area contributed by atoms with Crippen LogP contribution in [-0.2, 0) is 9.53 Å². The highest BCUT2D eigenvalue weighted by Crippen LogP contribution is 2.27. The molecule has 1 amide bonds. The van der Waals surface area contributed by atoms with Crippen LogP contribution >= 0.6 is 11.3 Å². The summed E-state index contributed by atoms with van der Waals surface area (Å²) in [5, 5.41) is 11.6. The van der Waals surface area contributed by atoms with Crippen molar-refractivity contribution in [2.24, 2.45) is 0 Å². The Hall–Kier alpha value is -2.45. The number of carbonyl (C=O) groups is 2. The van der Waals surface area contributed by atoms with Gasteiger partial charge in [0, 0.05) is 17.5 Å². The van der Waals surface area contributed by atoms with Crippen molar-refractivity contribution >= 4 is 23.2 Å². The van der Waals surface area contributed by atoms with Gasteiger partial charge in [-0.15, -0.1) is 11.3 Å². The Kier molecular flexibility index (Phi) is 6.08. The first-order valence-electron chi connectivity index (χ1n) is 8.84. The molecule has 2 aromatic rings. The van der Waals surface area contributed by atoms with Crippen molar-refractivity contribution in [2.75, 3.05) is 19.7 Å². The molecule has 1 saturated heterocycles. The first-order valence-corrected chi connectivity index (χ1v) is 9.72. The Morgan fingerprint density at radius 2 is 2.07 bits per heavy atom. The predicted molar refractivity (Wildman–Crippen MR) is 101 cm³/mol. The van der Waals surface area contributed by atoms with Crippen molar-refractivity contribution in [3.8, 4) is 16.3 Å². The average molecular weight is 390 g/mol. The summed E-state index contributed by atoms with van der Waals surface area (Å²) in [4.78, 5) is 29.9. The molecule has 8 heteroatoms. The number of hydrogen-bond acceptors (Lipinski definition) is 6. The summed E-state index contributed by atoms with van der Waals surface area (Å²) >= 11 is 1.38. The highest BCUT2D eigenvalue weighted by Gasteiger charge is 2.33. The van der Waals surface area contributed by atoms with Crippen molar-refractivity contribution in [1.29, 1.82) is 0 Å². The number of aromatic nitrogens is 1. The van der Waals surface area contributed by atoms with Crippen LogP contribution in [0.5, 0.6) is 5.75 Å². The third kappa shape index (κ3) is 4.64. The summed E-state index contributed by atoms with van der Waals surface area (Å²) in [5.41, 5.74) is 1.22. The molecule has 0 saturated carbocycles. The maximum atomic E-state index is 12.7. The van der Waals surface area contributed by atoms with E-state index in [1.54, 1.807) is 12.3 Å². The van der Waals surface area contributed by atoms with E-state index < -0.39 is 12.1 Å². The quantitative estimate of drug-likeness (QED) is 0.816. The fraction of sp³-hybridized carbons (Fsp3) is 0.421. The molecule has 1 fully saturated rings. The fourth-order valence-corrected chi connectivity index (χ4v) is 3.63. The molecule has 0 bridgehead atoms. The fourth-order valence-electron chi connectivity index (χ4n) is 2.83. The van der Waals surface area contributed by atoms with Crippen LogP contribution in [-0.4, -0.2) is 58.8 Å². The number of ether oxygens (including phenoxy) is 2. The van der Waals surface area contributed by atoms with Crippen molar-refractivity contribution in [3.63, 3.8) is 0 Å². The van der Waals surface area contributed by atoms with E-state index in [0.29, 0.717) is 18.8 Å². The minimum Gasteiger partial charge on any atom is -0.494 e. The highest BCUT2D eigenvalue weighted by molar-refractivity contribution is 7.13. The number of amides is 1. The Labute approximate surface area is 161 Å². The maximum Gasteiger partial charge on any atom is 0.334 e. The first kappa shape index (κ1) is 19.3. The number of rotatable bonds is 6. The number of benzene rings is 1. The molecule has 2 heterocycles. The van der Waals surface area contributed by atoms with Crippen LogP contribution in [0.2, 0.25) is 0 Å². The predicted octanol–water partition coefficient (Wildman–Crippen LogP) is 2.91. The van der Waals surface area contributed by atoms with Gasteiger partial charge in [-0.05, 0) is 37.6 Å². The molecule has 0 spiro atoms. The zero-order valence-corrected chi connectivity index (χ0v) is 16.1. The topological polar surface area (TPSA) is 89.0 Å². The number of hydrogen-bond donors (Lipinski definition) is 1. The zero-order valence-electron chi connectivity index (χ0n) is 15.3. The van der Waals surface area contributed by atoms with Gasteiger partial charge in [0.2, 0.25) is 0 Å². The van der Waals surface area contributed by atoms with Crippen molar-refractivity contribution in [3.05, 3.63) is 35.3 Å². The monoisotopic (exact) mass is 390 g/mol. The first-order chi connectivity index (χ1) is 13.0. The summed E-state index contributed by atoms with van der Waals surface area (Å²) in [5.74, 6) is -0.541. The lowest BCUT2D eigenvalue weighted by atomic mass is 10.2. The number of carboxylic acid groups (broad SMARTS) is 1. The molecule has 7 nitrogen and oxygen atoms in total. The smallest absolute Gasteiger partial charge is 0.334 e. The highest BCUT2D eigenvalue weighted by atomic mass is 32.1. The summed E-state index contributed by atoms with van der Waals surface area (Å²) in [6.45, 7) is 4.85. The second-order valence-electron chi connectivity index (χ2n) is 6.39. The number of thiazole rings is 1. The lowest BCUT2D eigenvalue weighted by Crippen LogP contribution is -2.51. The second kappa shape index (κ2) is 8.49. The standard InChI is InChI=1S/C19H22N2O5S/c1-3-8-25-14-6-4-13(5-7-14)17-20-15(11-27-17)18(22)21-9-12(2)26-16(10-21)19(23)24/h4-7,11-12,16H,3,8-10H2,1-2H3,(H,23,24)/t12-,16?/m1/s1. The van der Waals surface area contributed by atoms with E-state index in [0.717, 1.165) is 22.7 Å². The third-order valence-electron chi connectivity index (χ3n) is 4.12. The molecule has 0 radical (unpaired) electrons. The molecular weight excluding hydrogens is 368 g/mol. The van der Waals surface area contributed by atoms with Crippen molar-refractivity contribution in [1.82, 2.24) is 9.88 Å². The summed E-state index contributed by atoms with van der Waals surface area (Å²) in [7, 11) is 0. The molecule has 144 valence electrons. The molecule has 1 aromatic carbocycles. The number of carbonyl (C=O) groups excluding carboxylic acids is 1. The van der Waals surface area contributed by atoms with Crippen LogP contribution in [0.25, 0.3) is 10.6 Å². The number of nitrogens with zero attached hydrogens (tertiary/aromatic N) is 2. The molecule has 1 aliphatic heterocycles. The van der Waals surface area contributed by atoms with E-state index in [9.17, 15) is 9.59 Å². The third-order valence-corrected chi connectivity index (χ3v) is 5.01. The molecule has 1 unspecified atom stereocenters. The molecular formula is C19H22N2O5S. The second-order valence-corrected chi connectivity index (χ2v) is 7.25. The lowest BCUT2D eigenvalue weighted by molar-refractivity contribution is -0.160. The van der Waals surface area contributed by atoms with E-state index in [4.69, 9.17) is 14.6 Å². The summed E-state index contributed by atoms with van der Waals surface area (Å²) in [6, 6.07) is 7.59. The Morgan fingerprint density at radius 3 is 2.74 bits per heavy atom. The number of aliphatic carboxylic acids is 1. The lowest BCUT2D eigenvalue weighted by Gasteiger charge is -2.34. The van der Waals surface area contributed by atoms with E-state index in [1.807, 2.05) is 24.3 Å². The largest absolute Gasteiger partial charge is 0.494 e. The van der Waals surface area contributed by atoms with E-state index in [-0.39, 0.29) is 18.6 Å². The minimum atomic E-state index is -1.07. The Morgan fingerprint density at radius 1 is 1.33 bits per heavy atom. The molecule has 1 N–H and O–H groups in total. The number of carboxylic acids is 1. The van der Waals surface area contributed by atoms with Gasteiger partial charge in [-0.3, -0.25) is 4.79 Å². The molecule has 2 atom stereocenters. The number of morpholine rings is 1. The molecule has 1 aliphatic rings. The Balaban J connectivity index is 1.71. The van der Waals surface area contributed by atoms with E-state index in [2.05, 4.69) is 11.9 Å². The summed E-state index contributed by atoms with van der Waals surface area (Å²) in [6.07, 6.45) is -0.396. The minimum absolute atomic E-state index is 0.0226. The van der Waals surface area contributed by atoms with Crippen molar-refractivity contribution < 1.29 is 24.2 Å². The Bertz CT molecular complexity index is 805. The van der Waals surface area contributed by atoms with Gasteiger partial charge in [0.15, 0.2) is 6.10 Å². The van der Waals surface area contributed by atoms with Crippen molar-refractivity contribution in [2.45, 2.75) is 32.5 Å². The van der Waals surface area contributed by atoms with Gasteiger partial charge < -0.3 is 19.5 Å². The molecule has 27 heavy (non-hydrogen) atoms. The average Bonchev–Trinajstić information content (AvgIpc) is 3.15. The molecule has 3 rings (SSSR count). The van der Waals surface area contributed by atoms with Crippen LogP contribution in [0.1, 0.15) is 30.8 Å². The summed E-state index contributed by atoms with van der Waals surface area (Å²) < 4.78 is 10.9. The van der Waals surface area contributed by atoms with Crippen LogP contribution in [0.4, 0.5) is 0 Å². The van der Waals surface area contributed by atoms with Crippen LogP contribution in [0.3, 0.4) is 0 Å². The molecule has 1 aromatic heterocycles. The van der Waals surface area contributed by atoms with Gasteiger partial charge in [0.25, 0.3) is 5.91 Å². The van der Waals surface area contributed by atoms with Gasteiger partial charge in [-0.25, -0.2) is 9.78 Å². The van der Waals surface area contributed by atoms with Gasteiger partial charge >= 0.3 is 5.97 Å².